The quantitative estimate of drug-likeness (QED) is 0.315. The minimum absolute atomic E-state index is 0.127. The number of hydrogen-bond donors (Lipinski definition) is 0. The van der Waals surface area contributed by atoms with E-state index in [0.29, 0.717) is 5.56 Å². The summed E-state index contributed by atoms with van der Waals surface area (Å²) in [6.45, 7) is -0.334. The van der Waals surface area contributed by atoms with Crippen LogP contribution in [-0.2, 0) is 19.1 Å². The van der Waals surface area contributed by atoms with Crippen molar-refractivity contribution in [2.24, 2.45) is 28.8 Å². The molecule has 146 valence electrons. The number of halogens is 2. The fraction of sp³-hybridized carbons (Fsp3) is 0.368. The Labute approximate surface area is 170 Å². The highest BCUT2D eigenvalue weighted by Crippen LogP contribution is 2.52. The molecule has 2 fully saturated rings. The number of hydrazone groups is 1. The van der Waals surface area contributed by atoms with Crippen LogP contribution in [0.5, 0.6) is 5.75 Å². The second-order valence-electron chi connectivity index (χ2n) is 6.91. The zero-order valence-corrected chi connectivity index (χ0v) is 16.3. The molecule has 0 spiro atoms. The number of fused-ring (bicyclic) bond motifs is 5. The Morgan fingerprint density at radius 2 is 1.75 bits per heavy atom. The Morgan fingerprint density at radius 1 is 1.18 bits per heavy atom. The van der Waals surface area contributed by atoms with Crippen molar-refractivity contribution in [3.63, 3.8) is 0 Å². The van der Waals surface area contributed by atoms with Crippen LogP contribution in [0.25, 0.3) is 0 Å². The molecule has 4 unspecified atom stereocenters. The summed E-state index contributed by atoms with van der Waals surface area (Å²) in [5.41, 5.74) is 0.485. The Kier molecular flexibility index (Phi) is 4.89. The van der Waals surface area contributed by atoms with Crippen LogP contribution < -0.4 is 4.74 Å². The van der Waals surface area contributed by atoms with Crippen molar-refractivity contribution < 1.29 is 23.9 Å². The molecule has 0 aromatic heterocycles. The van der Waals surface area contributed by atoms with Crippen LogP contribution in [0.4, 0.5) is 0 Å². The number of allylic oxidation sites excluding steroid dienone is 2. The van der Waals surface area contributed by atoms with Gasteiger partial charge in [0.1, 0.15) is 0 Å². The number of amides is 2. The van der Waals surface area contributed by atoms with Crippen molar-refractivity contribution in [2.45, 2.75) is 6.42 Å². The summed E-state index contributed by atoms with van der Waals surface area (Å²) in [6, 6.07) is 3.03. The zero-order chi connectivity index (χ0) is 20.0. The molecular weight excluding hydrogens is 407 g/mol. The Balaban J connectivity index is 1.50. The first kappa shape index (κ1) is 19.0. The predicted octanol–water partition coefficient (Wildman–Crippen LogP) is 2.69. The summed E-state index contributed by atoms with van der Waals surface area (Å²) in [7, 11) is 1.24. The molecule has 4 atom stereocenters. The van der Waals surface area contributed by atoms with Gasteiger partial charge in [0, 0.05) is 0 Å². The maximum absolute atomic E-state index is 12.6. The third-order valence-corrected chi connectivity index (χ3v) is 5.91. The Bertz CT molecular complexity index is 876. The second kappa shape index (κ2) is 7.22. The van der Waals surface area contributed by atoms with E-state index in [1.54, 1.807) is 0 Å². The molecule has 3 aliphatic rings. The first-order valence-corrected chi connectivity index (χ1v) is 9.45. The molecule has 2 bridgehead atoms. The van der Waals surface area contributed by atoms with Gasteiger partial charge in [0.15, 0.2) is 12.4 Å². The normalized spacial score (nSPS) is 27.8. The number of esters is 1. The number of benzene rings is 1. The van der Waals surface area contributed by atoms with Gasteiger partial charge in [-0.2, -0.15) is 10.1 Å². The van der Waals surface area contributed by atoms with Gasteiger partial charge in [0.2, 0.25) is 0 Å². The van der Waals surface area contributed by atoms with E-state index in [1.165, 1.54) is 25.5 Å². The van der Waals surface area contributed by atoms with E-state index in [-0.39, 0.29) is 57.9 Å². The third kappa shape index (κ3) is 3.08. The molecule has 0 radical (unpaired) electrons. The number of imide groups is 1. The van der Waals surface area contributed by atoms with E-state index in [2.05, 4.69) is 9.84 Å². The second-order valence-corrected chi connectivity index (χ2v) is 7.73. The van der Waals surface area contributed by atoms with Gasteiger partial charge in [-0.3, -0.25) is 9.59 Å². The van der Waals surface area contributed by atoms with Gasteiger partial charge >= 0.3 is 5.97 Å². The fourth-order valence-electron chi connectivity index (χ4n) is 4.11. The van der Waals surface area contributed by atoms with E-state index in [1.807, 2.05) is 12.2 Å². The summed E-state index contributed by atoms with van der Waals surface area (Å²) < 4.78 is 9.76. The minimum Gasteiger partial charge on any atom is -0.479 e. The molecule has 1 saturated heterocycles. The summed E-state index contributed by atoms with van der Waals surface area (Å²) in [5.74, 6) is -1.32. The van der Waals surface area contributed by atoms with Gasteiger partial charge < -0.3 is 9.47 Å². The average Bonchev–Trinajstić information content (AvgIpc) is 3.34. The van der Waals surface area contributed by atoms with Crippen LogP contribution in [0, 0.1) is 23.7 Å². The Morgan fingerprint density at radius 3 is 2.29 bits per heavy atom. The van der Waals surface area contributed by atoms with Gasteiger partial charge in [-0.15, -0.1) is 0 Å². The van der Waals surface area contributed by atoms with Crippen molar-refractivity contribution in [1.29, 1.82) is 0 Å². The van der Waals surface area contributed by atoms with Crippen LogP contribution >= 0.6 is 23.2 Å². The van der Waals surface area contributed by atoms with Crippen LogP contribution in [0.1, 0.15) is 12.0 Å². The number of ether oxygens (including phenoxy) is 2. The maximum atomic E-state index is 12.6. The lowest BCUT2D eigenvalue weighted by Gasteiger charge is -2.13. The number of nitrogens with zero attached hydrogens (tertiary/aromatic N) is 2. The zero-order valence-electron chi connectivity index (χ0n) is 14.8. The SMILES string of the molecule is COC(=O)COc1c(Cl)cc(C=NN2C(=O)C3C4C=CC(C4)C3C2=O)cc1Cl. The molecule has 1 aromatic carbocycles. The highest BCUT2D eigenvalue weighted by Gasteiger charge is 2.59. The smallest absolute Gasteiger partial charge is 0.343 e. The van der Waals surface area contributed by atoms with E-state index < -0.39 is 5.97 Å². The van der Waals surface area contributed by atoms with Crippen molar-refractivity contribution in [3.05, 3.63) is 39.9 Å². The van der Waals surface area contributed by atoms with Crippen LogP contribution in [0.2, 0.25) is 10.0 Å². The first-order valence-electron chi connectivity index (χ1n) is 8.69. The van der Waals surface area contributed by atoms with Gasteiger partial charge in [0.05, 0.1) is 35.2 Å². The number of methoxy groups -OCH3 is 1. The van der Waals surface area contributed by atoms with Gasteiger partial charge in [-0.1, -0.05) is 35.4 Å². The molecule has 7 nitrogen and oxygen atoms in total. The molecule has 9 heteroatoms. The summed E-state index contributed by atoms with van der Waals surface area (Å²) in [6.07, 6.45) is 6.27. The molecule has 0 N–H and O–H groups in total. The summed E-state index contributed by atoms with van der Waals surface area (Å²) in [4.78, 5) is 36.4. The number of rotatable bonds is 5. The molecule has 2 aliphatic carbocycles. The topological polar surface area (TPSA) is 85.3 Å². The van der Waals surface area contributed by atoms with E-state index in [9.17, 15) is 14.4 Å². The third-order valence-electron chi connectivity index (χ3n) is 5.35. The average molecular weight is 423 g/mol. The molecule has 4 rings (SSSR count). The monoisotopic (exact) mass is 422 g/mol. The van der Waals surface area contributed by atoms with Crippen molar-refractivity contribution in [1.82, 2.24) is 5.01 Å². The number of carbonyl (C=O) groups is 3. The Hall–Kier alpha value is -2.38. The lowest BCUT2D eigenvalue weighted by molar-refractivity contribution is -0.143. The largest absolute Gasteiger partial charge is 0.479 e. The van der Waals surface area contributed by atoms with E-state index in [0.717, 1.165) is 11.4 Å². The van der Waals surface area contributed by atoms with E-state index in [4.69, 9.17) is 27.9 Å². The highest BCUT2D eigenvalue weighted by molar-refractivity contribution is 6.37. The van der Waals surface area contributed by atoms with Gasteiger partial charge in [-0.25, -0.2) is 4.79 Å². The molecule has 1 aliphatic heterocycles. The molecule has 2 amide bonds. The standard InChI is InChI=1S/C19H16Cl2N2O5/c1-27-14(24)8-28-17-12(20)4-9(5-13(17)21)7-22-23-18(25)15-10-2-3-11(6-10)16(15)19(23)26/h2-5,7,10-11,15-16H,6,8H2,1H3. The molecule has 28 heavy (non-hydrogen) atoms. The highest BCUT2D eigenvalue weighted by atomic mass is 35.5. The van der Waals surface area contributed by atoms with E-state index >= 15 is 0 Å². The number of carbonyl (C=O) groups excluding carboxylic acids is 3. The van der Waals surface area contributed by atoms with Crippen molar-refractivity contribution >= 4 is 47.2 Å². The minimum atomic E-state index is -0.571. The van der Waals surface area contributed by atoms with Crippen molar-refractivity contribution in [2.75, 3.05) is 13.7 Å². The summed E-state index contributed by atoms with van der Waals surface area (Å²) in [5, 5.41) is 5.36. The maximum Gasteiger partial charge on any atom is 0.343 e. The predicted molar refractivity (Wildman–Crippen MR) is 101 cm³/mol. The molecule has 1 saturated carbocycles. The van der Waals surface area contributed by atoms with Gasteiger partial charge in [-0.05, 0) is 36.0 Å². The molecule has 1 aromatic rings. The van der Waals surface area contributed by atoms with Gasteiger partial charge in [0.25, 0.3) is 11.8 Å². The lowest BCUT2D eigenvalue weighted by Crippen LogP contribution is -2.28. The summed E-state index contributed by atoms with van der Waals surface area (Å²) >= 11 is 12.3. The first-order chi connectivity index (χ1) is 13.4. The van der Waals surface area contributed by atoms with Crippen LogP contribution in [0.3, 0.4) is 0 Å². The molecular formula is C19H16Cl2N2O5. The van der Waals surface area contributed by atoms with Crippen LogP contribution in [-0.4, -0.2) is 42.7 Å². The lowest BCUT2D eigenvalue weighted by atomic mass is 9.85. The number of hydrogen-bond acceptors (Lipinski definition) is 6. The van der Waals surface area contributed by atoms with Crippen LogP contribution in [0.15, 0.2) is 29.4 Å². The van der Waals surface area contributed by atoms with Crippen molar-refractivity contribution in [3.8, 4) is 5.75 Å². The fourth-order valence-corrected chi connectivity index (χ4v) is 4.72. The molecule has 1 heterocycles.